The number of rotatable bonds is 8. The number of benzene rings is 1. The second-order valence-corrected chi connectivity index (χ2v) is 9.74. The number of aromatic nitrogens is 1. The van der Waals surface area contributed by atoms with Crippen molar-refractivity contribution in [2.45, 2.75) is 13.0 Å². The lowest BCUT2D eigenvalue weighted by atomic mass is 9.95. The van der Waals surface area contributed by atoms with E-state index in [2.05, 4.69) is 9.89 Å². The van der Waals surface area contributed by atoms with Crippen LogP contribution in [0.3, 0.4) is 0 Å². The zero-order chi connectivity index (χ0) is 26.6. The van der Waals surface area contributed by atoms with E-state index in [-0.39, 0.29) is 24.3 Å². The Hall–Kier alpha value is -3.67. The summed E-state index contributed by atoms with van der Waals surface area (Å²) in [6.45, 7) is 4.87. The number of thiazole rings is 1. The number of furan rings is 1. The van der Waals surface area contributed by atoms with Crippen LogP contribution >= 0.6 is 11.3 Å². The summed E-state index contributed by atoms with van der Waals surface area (Å²) in [6, 6.07) is 10.3. The fourth-order valence-electron chi connectivity index (χ4n) is 4.57. The van der Waals surface area contributed by atoms with Gasteiger partial charge in [0.1, 0.15) is 24.2 Å². The summed E-state index contributed by atoms with van der Waals surface area (Å²) < 4.78 is 29.5. The molecule has 0 saturated carbocycles. The third-order valence-electron chi connectivity index (χ3n) is 6.40. The SMILES string of the molecule is COCCOC(=O)C1=C(C)N=c2sc(=Cc3ccc(N4CCOCC4)o3)c(=O)n2C1c1ccccc1OC. The van der Waals surface area contributed by atoms with Crippen LogP contribution in [-0.2, 0) is 19.0 Å². The first-order valence-corrected chi connectivity index (χ1v) is 13.1. The van der Waals surface area contributed by atoms with Gasteiger partial charge in [0.05, 0.1) is 42.7 Å². The van der Waals surface area contributed by atoms with Crippen molar-refractivity contribution < 1.29 is 28.2 Å². The predicted octanol–water partition coefficient (Wildman–Crippen LogP) is 1.86. The van der Waals surface area contributed by atoms with E-state index in [1.807, 2.05) is 30.3 Å². The van der Waals surface area contributed by atoms with Gasteiger partial charge in [-0.1, -0.05) is 29.5 Å². The van der Waals surface area contributed by atoms with Gasteiger partial charge in [-0.2, -0.15) is 0 Å². The predicted molar refractivity (Wildman–Crippen MR) is 141 cm³/mol. The minimum Gasteiger partial charge on any atom is -0.496 e. The number of methoxy groups -OCH3 is 2. The molecule has 5 rings (SSSR count). The van der Waals surface area contributed by atoms with Crippen LogP contribution in [-0.4, -0.2) is 64.3 Å². The molecule has 0 spiro atoms. The molecule has 0 aliphatic carbocycles. The monoisotopic (exact) mass is 539 g/mol. The number of nitrogens with zero attached hydrogens (tertiary/aromatic N) is 3. The van der Waals surface area contributed by atoms with Gasteiger partial charge in [0.25, 0.3) is 5.56 Å². The number of para-hydroxylation sites is 1. The molecule has 0 N–H and O–H groups in total. The fraction of sp³-hybridized carbons (Fsp3) is 0.370. The van der Waals surface area contributed by atoms with Gasteiger partial charge in [0.15, 0.2) is 10.7 Å². The number of fused-ring (bicyclic) bond motifs is 1. The van der Waals surface area contributed by atoms with Gasteiger partial charge in [-0.15, -0.1) is 0 Å². The highest BCUT2D eigenvalue weighted by molar-refractivity contribution is 7.07. The Labute approximate surface area is 223 Å². The molecule has 11 heteroatoms. The van der Waals surface area contributed by atoms with Crippen molar-refractivity contribution in [3.05, 3.63) is 78.7 Å². The second-order valence-electron chi connectivity index (χ2n) is 8.73. The quantitative estimate of drug-likeness (QED) is 0.316. The number of hydrogen-bond donors (Lipinski definition) is 0. The number of hydrogen-bond acceptors (Lipinski definition) is 10. The van der Waals surface area contributed by atoms with Gasteiger partial charge in [0.2, 0.25) is 0 Å². The third kappa shape index (κ3) is 5.04. The highest BCUT2D eigenvalue weighted by Crippen LogP contribution is 2.35. The highest BCUT2D eigenvalue weighted by Gasteiger charge is 2.35. The second kappa shape index (κ2) is 11.4. The lowest BCUT2D eigenvalue weighted by Crippen LogP contribution is -2.40. The Bertz CT molecular complexity index is 1530. The number of anilines is 1. The lowest BCUT2D eigenvalue weighted by Gasteiger charge is -2.26. The van der Waals surface area contributed by atoms with E-state index in [1.165, 1.54) is 23.0 Å². The van der Waals surface area contributed by atoms with Gasteiger partial charge in [-0.3, -0.25) is 9.36 Å². The lowest BCUT2D eigenvalue weighted by molar-refractivity contribution is -0.140. The first-order chi connectivity index (χ1) is 18.5. The topological polar surface area (TPSA) is 105 Å². The summed E-state index contributed by atoms with van der Waals surface area (Å²) in [4.78, 5) is 34.3. The molecule has 38 heavy (non-hydrogen) atoms. The molecule has 1 saturated heterocycles. The molecule has 1 fully saturated rings. The van der Waals surface area contributed by atoms with E-state index in [4.69, 9.17) is 23.4 Å². The van der Waals surface area contributed by atoms with Crippen molar-refractivity contribution in [1.29, 1.82) is 0 Å². The molecule has 2 aliphatic rings. The number of ether oxygens (including phenoxy) is 4. The minimum absolute atomic E-state index is 0.0825. The van der Waals surface area contributed by atoms with E-state index in [1.54, 1.807) is 26.2 Å². The normalized spacial score (nSPS) is 17.8. The Morgan fingerprint density at radius 3 is 2.71 bits per heavy atom. The van der Waals surface area contributed by atoms with Crippen LogP contribution in [0.5, 0.6) is 5.75 Å². The van der Waals surface area contributed by atoms with Crippen LogP contribution in [0.25, 0.3) is 6.08 Å². The molecule has 1 atom stereocenters. The average Bonchev–Trinajstić information content (AvgIpc) is 3.52. The maximum atomic E-state index is 13.8. The van der Waals surface area contributed by atoms with Gasteiger partial charge < -0.3 is 28.3 Å². The number of esters is 1. The standard InChI is InChI=1S/C27H29N3O7S/c1-17-23(26(32)36-15-14-33-2)24(19-6-4-5-7-20(19)34-3)30-25(31)21(38-27(30)28-17)16-18-8-9-22(37-18)29-10-12-35-13-11-29/h4-9,16,24H,10-15H2,1-3H3. The van der Waals surface area contributed by atoms with Gasteiger partial charge in [-0.05, 0) is 19.1 Å². The highest BCUT2D eigenvalue weighted by atomic mass is 32.1. The first kappa shape index (κ1) is 26.0. The van der Waals surface area contributed by atoms with Crippen molar-refractivity contribution in [2.24, 2.45) is 4.99 Å². The molecule has 0 bridgehead atoms. The van der Waals surface area contributed by atoms with E-state index < -0.39 is 12.0 Å². The molecule has 0 radical (unpaired) electrons. The summed E-state index contributed by atoms with van der Waals surface area (Å²) in [5.74, 6) is 1.27. The summed E-state index contributed by atoms with van der Waals surface area (Å²) in [6.07, 6.45) is 1.71. The maximum Gasteiger partial charge on any atom is 0.338 e. The zero-order valence-corrected chi connectivity index (χ0v) is 22.3. The summed E-state index contributed by atoms with van der Waals surface area (Å²) in [5.41, 5.74) is 1.12. The fourth-order valence-corrected chi connectivity index (χ4v) is 5.59. The molecule has 2 aliphatic heterocycles. The van der Waals surface area contributed by atoms with Gasteiger partial charge in [0, 0.05) is 37.9 Å². The van der Waals surface area contributed by atoms with Crippen LogP contribution in [0.2, 0.25) is 0 Å². The van der Waals surface area contributed by atoms with E-state index in [0.29, 0.717) is 45.3 Å². The van der Waals surface area contributed by atoms with Crippen LogP contribution < -0.4 is 24.5 Å². The van der Waals surface area contributed by atoms with Gasteiger partial charge in [-0.25, -0.2) is 9.79 Å². The molecule has 0 amide bonds. The number of allylic oxidation sites excluding steroid dienone is 1. The molecular formula is C27H29N3O7S. The van der Waals surface area contributed by atoms with Crippen molar-refractivity contribution in [1.82, 2.24) is 4.57 Å². The number of morpholine rings is 1. The van der Waals surface area contributed by atoms with E-state index in [0.717, 1.165) is 19.0 Å². The summed E-state index contributed by atoms with van der Waals surface area (Å²) in [7, 11) is 3.09. The van der Waals surface area contributed by atoms with E-state index >= 15 is 0 Å². The molecule has 200 valence electrons. The molecule has 3 aromatic rings. The Kier molecular flexibility index (Phi) is 7.77. The average molecular weight is 540 g/mol. The molecule has 2 aromatic heterocycles. The van der Waals surface area contributed by atoms with Gasteiger partial charge >= 0.3 is 5.97 Å². The molecular weight excluding hydrogens is 510 g/mol. The largest absolute Gasteiger partial charge is 0.496 e. The van der Waals surface area contributed by atoms with Crippen LogP contribution in [0, 0.1) is 0 Å². The molecule has 4 heterocycles. The summed E-state index contributed by atoms with van der Waals surface area (Å²) >= 11 is 1.24. The Balaban J connectivity index is 1.60. The minimum atomic E-state index is -0.778. The maximum absolute atomic E-state index is 13.8. The van der Waals surface area contributed by atoms with E-state index in [9.17, 15) is 9.59 Å². The first-order valence-electron chi connectivity index (χ1n) is 12.3. The van der Waals surface area contributed by atoms with Crippen LogP contribution in [0.15, 0.2) is 61.9 Å². The number of carbonyl (C=O) groups is 1. The van der Waals surface area contributed by atoms with Crippen molar-refractivity contribution >= 4 is 29.3 Å². The molecule has 1 aromatic carbocycles. The van der Waals surface area contributed by atoms with Crippen LogP contribution in [0.4, 0.5) is 5.88 Å². The zero-order valence-electron chi connectivity index (χ0n) is 21.5. The molecule has 10 nitrogen and oxygen atoms in total. The number of carbonyl (C=O) groups excluding carboxylic acids is 1. The smallest absolute Gasteiger partial charge is 0.338 e. The molecule has 1 unspecified atom stereocenters. The Morgan fingerprint density at radius 2 is 1.95 bits per heavy atom. The van der Waals surface area contributed by atoms with Crippen molar-refractivity contribution in [3.8, 4) is 5.75 Å². The van der Waals surface area contributed by atoms with Crippen molar-refractivity contribution in [2.75, 3.05) is 58.6 Å². The van der Waals surface area contributed by atoms with Crippen LogP contribution in [0.1, 0.15) is 24.3 Å². The Morgan fingerprint density at radius 1 is 1.16 bits per heavy atom. The summed E-state index contributed by atoms with van der Waals surface area (Å²) in [5, 5.41) is 0. The van der Waals surface area contributed by atoms with Crippen molar-refractivity contribution in [3.63, 3.8) is 0 Å². The third-order valence-corrected chi connectivity index (χ3v) is 7.39.